The van der Waals surface area contributed by atoms with Crippen LogP contribution in [0.25, 0.3) is 10.9 Å². The quantitative estimate of drug-likeness (QED) is 0.363. The summed E-state index contributed by atoms with van der Waals surface area (Å²) in [7, 11) is 0. The van der Waals surface area contributed by atoms with E-state index in [1.807, 2.05) is 48.7 Å². The van der Waals surface area contributed by atoms with E-state index in [1.54, 1.807) is 24.4 Å². The Morgan fingerprint density at radius 2 is 1.87 bits per heavy atom. The molecular formula is C24H18ClN3O3. The summed E-state index contributed by atoms with van der Waals surface area (Å²) in [6, 6.07) is 20.9. The third kappa shape index (κ3) is 3.98. The first kappa shape index (κ1) is 19.2. The van der Waals surface area contributed by atoms with Crippen molar-refractivity contribution in [1.29, 1.82) is 0 Å². The molecule has 1 aliphatic rings. The Labute approximate surface area is 183 Å². The third-order valence-electron chi connectivity index (χ3n) is 5.09. The molecule has 6 nitrogen and oxygen atoms in total. The van der Waals surface area contributed by atoms with Gasteiger partial charge in [-0.05, 0) is 42.0 Å². The van der Waals surface area contributed by atoms with Gasteiger partial charge in [0, 0.05) is 39.8 Å². The van der Waals surface area contributed by atoms with Gasteiger partial charge in [-0.2, -0.15) is 5.10 Å². The van der Waals surface area contributed by atoms with Gasteiger partial charge in [-0.1, -0.05) is 41.9 Å². The number of carbonyl (C=O) groups is 1. The number of nitrogens with zero attached hydrogens (tertiary/aromatic N) is 2. The van der Waals surface area contributed by atoms with Crippen molar-refractivity contribution in [1.82, 2.24) is 9.99 Å². The van der Waals surface area contributed by atoms with Crippen LogP contribution in [0.5, 0.6) is 11.5 Å². The van der Waals surface area contributed by atoms with Crippen molar-refractivity contribution in [2.45, 2.75) is 6.54 Å². The summed E-state index contributed by atoms with van der Waals surface area (Å²) in [5.41, 5.74) is 6.17. The minimum atomic E-state index is -0.320. The molecule has 0 radical (unpaired) electrons. The fourth-order valence-electron chi connectivity index (χ4n) is 3.56. The molecule has 5 rings (SSSR count). The highest BCUT2D eigenvalue weighted by atomic mass is 35.5. The summed E-state index contributed by atoms with van der Waals surface area (Å²) < 4.78 is 12.7. The van der Waals surface area contributed by atoms with E-state index < -0.39 is 0 Å². The van der Waals surface area contributed by atoms with Crippen LogP contribution in [0.1, 0.15) is 21.5 Å². The first-order valence-corrected chi connectivity index (χ1v) is 10.1. The largest absolute Gasteiger partial charge is 0.454 e. The second-order valence-electron chi connectivity index (χ2n) is 7.12. The summed E-state index contributed by atoms with van der Waals surface area (Å²) in [6.07, 6.45) is 3.68. The molecule has 0 bridgehead atoms. The Kier molecular flexibility index (Phi) is 5.06. The molecular weight excluding hydrogens is 414 g/mol. The van der Waals surface area contributed by atoms with E-state index in [1.165, 1.54) is 0 Å². The molecule has 0 unspecified atom stereocenters. The molecule has 0 fully saturated rings. The number of carbonyl (C=O) groups excluding carboxylic acids is 1. The van der Waals surface area contributed by atoms with Crippen LogP contribution in [-0.4, -0.2) is 23.5 Å². The van der Waals surface area contributed by atoms with Crippen molar-refractivity contribution < 1.29 is 14.3 Å². The monoisotopic (exact) mass is 431 g/mol. The molecule has 0 saturated carbocycles. The molecule has 1 aliphatic heterocycles. The average Bonchev–Trinajstić information content (AvgIpc) is 3.40. The molecule has 0 atom stereocenters. The lowest BCUT2D eigenvalue weighted by Crippen LogP contribution is -2.17. The topological polar surface area (TPSA) is 64.9 Å². The highest BCUT2D eigenvalue weighted by Gasteiger charge is 2.16. The zero-order chi connectivity index (χ0) is 21.2. The summed E-state index contributed by atoms with van der Waals surface area (Å²) in [4.78, 5) is 12.4. The smallest absolute Gasteiger partial charge is 0.271 e. The van der Waals surface area contributed by atoms with Crippen LogP contribution in [0.4, 0.5) is 0 Å². The Morgan fingerprint density at radius 3 is 2.74 bits per heavy atom. The molecule has 31 heavy (non-hydrogen) atoms. The maximum absolute atomic E-state index is 12.4. The molecule has 154 valence electrons. The highest BCUT2D eigenvalue weighted by molar-refractivity contribution is 6.30. The fourth-order valence-corrected chi connectivity index (χ4v) is 3.68. The van der Waals surface area contributed by atoms with E-state index in [4.69, 9.17) is 21.1 Å². The second-order valence-corrected chi connectivity index (χ2v) is 7.56. The number of aromatic nitrogens is 1. The lowest BCUT2D eigenvalue weighted by Gasteiger charge is -2.05. The first-order chi connectivity index (χ1) is 15.2. The number of para-hydroxylation sites is 1. The maximum Gasteiger partial charge on any atom is 0.271 e. The van der Waals surface area contributed by atoms with Crippen molar-refractivity contribution in [3.8, 4) is 11.5 Å². The zero-order valence-corrected chi connectivity index (χ0v) is 17.2. The number of ether oxygens (including phenoxy) is 2. The number of benzene rings is 3. The summed E-state index contributed by atoms with van der Waals surface area (Å²) in [5, 5.41) is 5.93. The molecule has 0 saturated heterocycles. The van der Waals surface area contributed by atoms with Crippen molar-refractivity contribution in [3.63, 3.8) is 0 Å². The van der Waals surface area contributed by atoms with Gasteiger partial charge in [0.25, 0.3) is 5.91 Å². The van der Waals surface area contributed by atoms with Gasteiger partial charge in [-0.25, -0.2) is 5.43 Å². The number of rotatable bonds is 5. The van der Waals surface area contributed by atoms with Crippen molar-refractivity contribution in [3.05, 3.63) is 94.6 Å². The number of nitrogens with one attached hydrogen (secondary N) is 1. The predicted octanol–water partition coefficient (Wildman–Crippen LogP) is 4.84. The number of halogens is 1. The molecule has 0 aliphatic carbocycles. The van der Waals surface area contributed by atoms with Crippen LogP contribution in [-0.2, 0) is 6.54 Å². The zero-order valence-electron chi connectivity index (χ0n) is 16.4. The van der Waals surface area contributed by atoms with Gasteiger partial charge in [0.1, 0.15) is 0 Å². The summed E-state index contributed by atoms with van der Waals surface area (Å²) >= 11 is 6.00. The van der Waals surface area contributed by atoms with Crippen LogP contribution >= 0.6 is 11.6 Å². The normalized spacial score (nSPS) is 12.5. The maximum atomic E-state index is 12.4. The number of hydrogen-bond acceptors (Lipinski definition) is 4. The Balaban J connectivity index is 1.35. The summed E-state index contributed by atoms with van der Waals surface area (Å²) in [6.45, 7) is 0.869. The van der Waals surface area contributed by atoms with Gasteiger partial charge >= 0.3 is 0 Å². The minimum absolute atomic E-state index is 0.165. The Hall–Kier alpha value is -3.77. The fraction of sp³-hybridized carbons (Fsp3) is 0.0833. The van der Waals surface area contributed by atoms with Gasteiger partial charge in [0.2, 0.25) is 6.79 Å². The summed E-state index contributed by atoms with van der Waals surface area (Å²) in [5.74, 6) is 0.870. The molecule has 1 amide bonds. The Morgan fingerprint density at radius 1 is 1.06 bits per heavy atom. The molecule has 1 aromatic heterocycles. The molecule has 2 heterocycles. The van der Waals surface area contributed by atoms with Crippen molar-refractivity contribution >= 4 is 34.6 Å². The van der Waals surface area contributed by atoms with Crippen LogP contribution in [0.15, 0.2) is 78.0 Å². The van der Waals surface area contributed by atoms with Crippen LogP contribution < -0.4 is 14.9 Å². The molecule has 7 heteroatoms. The van der Waals surface area contributed by atoms with Gasteiger partial charge in [-0.3, -0.25) is 4.79 Å². The SMILES string of the molecule is O=C(N/N=C\c1cn(Cc2ccc(Cl)cc2)c2ccccc12)c1ccc2c(c1)OCO2. The van der Waals surface area contributed by atoms with Gasteiger partial charge in [0.05, 0.1) is 6.21 Å². The van der Waals surface area contributed by atoms with Crippen molar-refractivity contribution in [2.24, 2.45) is 5.10 Å². The molecule has 4 aromatic rings. The van der Waals surface area contributed by atoms with Crippen LogP contribution in [0.3, 0.4) is 0 Å². The predicted molar refractivity (Wildman–Crippen MR) is 120 cm³/mol. The van der Waals surface area contributed by atoms with E-state index in [9.17, 15) is 4.79 Å². The van der Waals surface area contributed by atoms with Gasteiger partial charge in [-0.15, -0.1) is 0 Å². The van der Waals surface area contributed by atoms with E-state index in [2.05, 4.69) is 21.2 Å². The van der Waals surface area contributed by atoms with Gasteiger partial charge < -0.3 is 14.0 Å². The number of hydrazone groups is 1. The Bertz CT molecular complexity index is 1300. The number of hydrogen-bond donors (Lipinski definition) is 1. The van der Waals surface area contributed by atoms with Crippen LogP contribution in [0.2, 0.25) is 5.02 Å². The van der Waals surface area contributed by atoms with E-state index in [0.29, 0.717) is 28.6 Å². The average molecular weight is 432 g/mol. The molecule has 0 spiro atoms. The first-order valence-electron chi connectivity index (χ1n) is 9.73. The molecule has 3 aromatic carbocycles. The van der Waals surface area contributed by atoms with E-state index >= 15 is 0 Å². The number of fused-ring (bicyclic) bond motifs is 2. The van der Waals surface area contributed by atoms with Crippen LogP contribution in [0, 0.1) is 0 Å². The third-order valence-corrected chi connectivity index (χ3v) is 5.34. The van der Waals surface area contributed by atoms with E-state index in [0.717, 1.165) is 22.0 Å². The van der Waals surface area contributed by atoms with Gasteiger partial charge in [0.15, 0.2) is 11.5 Å². The lowest BCUT2D eigenvalue weighted by molar-refractivity contribution is 0.0954. The van der Waals surface area contributed by atoms with E-state index in [-0.39, 0.29) is 12.7 Å². The lowest BCUT2D eigenvalue weighted by atomic mass is 10.2. The highest BCUT2D eigenvalue weighted by Crippen LogP contribution is 2.32. The minimum Gasteiger partial charge on any atom is -0.454 e. The molecule has 1 N–H and O–H groups in total. The second kappa shape index (κ2) is 8.16. The number of amides is 1. The standard InChI is InChI=1S/C24H18ClN3O3/c25-19-8-5-16(6-9-19)13-28-14-18(20-3-1-2-4-21(20)28)12-26-27-24(29)17-7-10-22-23(11-17)31-15-30-22/h1-12,14H,13,15H2,(H,27,29)/b26-12-. The van der Waals surface area contributed by atoms with Crippen molar-refractivity contribution in [2.75, 3.05) is 6.79 Å².